The predicted molar refractivity (Wildman–Crippen MR) is 63.4 cm³/mol. The van der Waals surface area contributed by atoms with Gasteiger partial charge in [0.25, 0.3) is 0 Å². The van der Waals surface area contributed by atoms with Crippen molar-refractivity contribution in [2.45, 2.75) is 13.1 Å². The summed E-state index contributed by atoms with van der Waals surface area (Å²) >= 11 is 12.0. The van der Waals surface area contributed by atoms with Crippen molar-refractivity contribution in [1.82, 2.24) is 20.5 Å². The summed E-state index contributed by atoms with van der Waals surface area (Å²) < 4.78 is 0. The van der Waals surface area contributed by atoms with Crippen LogP contribution in [0.4, 0.5) is 0 Å². The summed E-state index contributed by atoms with van der Waals surface area (Å²) in [6.07, 6.45) is 1.48. The van der Waals surface area contributed by atoms with E-state index in [1.54, 1.807) is 6.07 Å². The average molecular weight is 257 g/mol. The van der Waals surface area contributed by atoms with Gasteiger partial charge in [-0.15, -0.1) is 0 Å². The van der Waals surface area contributed by atoms with Crippen molar-refractivity contribution in [1.29, 1.82) is 0 Å². The van der Waals surface area contributed by atoms with Gasteiger partial charge in [-0.25, -0.2) is 4.98 Å². The van der Waals surface area contributed by atoms with E-state index in [9.17, 15) is 0 Å². The van der Waals surface area contributed by atoms with Gasteiger partial charge < -0.3 is 5.32 Å². The van der Waals surface area contributed by atoms with Crippen molar-refractivity contribution >= 4 is 23.2 Å². The average Bonchev–Trinajstić information content (AvgIpc) is 2.77. The third-order valence-corrected chi connectivity index (χ3v) is 2.96. The van der Waals surface area contributed by atoms with Gasteiger partial charge in [0, 0.05) is 6.54 Å². The first-order valence-corrected chi connectivity index (χ1v) is 5.51. The van der Waals surface area contributed by atoms with Crippen molar-refractivity contribution in [3.05, 3.63) is 46.0 Å². The Morgan fingerprint density at radius 2 is 2.12 bits per heavy atom. The van der Waals surface area contributed by atoms with Gasteiger partial charge >= 0.3 is 0 Å². The summed E-state index contributed by atoms with van der Waals surface area (Å²) in [6.45, 7) is 1.25. The minimum atomic E-state index is 0.570. The van der Waals surface area contributed by atoms with Gasteiger partial charge in [0.1, 0.15) is 12.2 Å². The minimum Gasteiger partial charge on any atom is -0.306 e. The van der Waals surface area contributed by atoms with E-state index in [0.29, 0.717) is 23.1 Å². The van der Waals surface area contributed by atoms with Gasteiger partial charge in [-0.3, -0.25) is 5.10 Å². The van der Waals surface area contributed by atoms with Crippen molar-refractivity contribution in [3.8, 4) is 0 Å². The quantitative estimate of drug-likeness (QED) is 0.884. The Kier molecular flexibility index (Phi) is 3.77. The fraction of sp³-hybridized carbons (Fsp3) is 0.200. The number of nitrogens with zero attached hydrogens (tertiary/aromatic N) is 2. The number of hydrogen-bond acceptors (Lipinski definition) is 3. The van der Waals surface area contributed by atoms with Crippen LogP contribution in [0.25, 0.3) is 0 Å². The molecule has 0 bridgehead atoms. The molecule has 16 heavy (non-hydrogen) atoms. The first-order chi connectivity index (χ1) is 7.77. The maximum atomic E-state index is 6.05. The first kappa shape index (κ1) is 11.4. The topological polar surface area (TPSA) is 53.6 Å². The zero-order valence-electron chi connectivity index (χ0n) is 8.37. The third kappa shape index (κ3) is 2.72. The van der Waals surface area contributed by atoms with E-state index >= 15 is 0 Å². The fourth-order valence-electron chi connectivity index (χ4n) is 1.32. The number of rotatable bonds is 4. The van der Waals surface area contributed by atoms with E-state index < -0.39 is 0 Å². The molecule has 0 unspecified atom stereocenters. The van der Waals surface area contributed by atoms with Crippen LogP contribution in [0, 0.1) is 0 Å². The molecule has 84 valence electrons. The van der Waals surface area contributed by atoms with Crippen LogP contribution in [-0.4, -0.2) is 15.2 Å². The molecule has 2 aromatic rings. The van der Waals surface area contributed by atoms with Crippen molar-refractivity contribution in [2.75, 3.05) is 0 Å². The molecule has 1 aromatic carbocycles. The molecule has 4 nitrogen and oxygen atoms in total. The lowest BCUT2D eigenvalue weighted by Gasteiger charge is -2.06. The van der Waals surface area contributed by atoms with E-state index in [1.807, 2.05) is 12.1 Å². The molecule has 0 radical (unpaired) electrons. The summed E-state index contributed by atoms with van der Waals surface area (Å²) in [5, 5.41) is 10.9. The summed E-state index contributed by atoms with van der Waals surface area (Å²) in [4.78, 5) is 4.00. The molecule has 6 heteroatoms. The highest BCUT2D eigenvalue weighted by atomic mass is 35.5. The molecule has 2 rings (SSSR count). The Bertz CT molecular complexity index is 456. The van der Waals surface area contributed by atoms with Gasteiger partial charge in [-0.2, -0.15) is 5.10 Å². The van der Waals surface area contributed by atoms with Crippen LogP contribution < -0.4 is 5.32 Å². The lowest BCUT2D eigenvalue weighted by atomic mass is 10.2. The second kappa shape index (κ2) is 5.30. The molecule has 0 aliphatic rings. The van der Waals surface area contributed by atoms with E-state index in [2.05, 4.69) is 20.5 Å². The van der Waals surface area contributed by atoms with Gasteiger partial charge in [-0.1, -0.05) is 35.3 Å². The van der Waals surface area contributed by atoms with Crippen LogP contribution in [0.3, 0.4) is 0 Å². The standard InChI is InChI=1S/C10H10Cl2N4/c11-8-3-1-2-7(10(8)12)4-13-5-9-14-6-15-16-9/h1-3,6,13H,4-5H2,(H,14,15,16). The normalized spacial score (nSPS) is 10.6. The number of nitrogens with one attached hydrogen (secondary N) is 2. The van der Waals surface area contributed by atoms with Crippen LogP contribution in [0.1, 0.15) is 11.4 Å². The SMILES string of the molecule is Clc1cccc(CNCc2ncn[nH]2)c1Cl. The largest absolute Gasteiger partial charge is 0.306 e. The van der Waals surface area contributed by atoms with Crippen LogP contribution in [0.15, 0.2) is 24.5 Å². The molecule has 0 aliphatic carbocycles. The van der Waals surface area contributed by atoms with Gasteiger partial charge in [0.05, 0.1) is 16.6 Å². The molecule has 1 aromatic heterocycles. The lowest BCUT2D eigenvalue weighted by molar-refractivity contribution is 0.665. The zero-order chi connectivity index (χ0) is 11.4. The van der Waals surface area contributed by atoms with Crippen LogP contribution in [0.5, 0.6) is 0 Å². The molecule has 2 N–H and O–H groups in total. The third-order valence-electron chi connectivity index (χ3n) is 2.10. The minimum absolute atomic E-state index is 0.570. The summed E-state index contributed by atoms with van der Waals surface area (Å²) in [6, 6.07) is 5.57. The van der Waals surface area contributed by atoms with E-state index in [4.69, 9.17) is 23.2 Å². The van der Waals surface area contributed by atoms with Crippen LogP contribution in [-0.2, 0) is 13.1 Å². The molecular weight excluding hydrogens is 247 g/mol. The highest BCUT2D eigenvalue weighted by Gasteiger charge is 2.03. The fourth-order valence-corrected chi connectivity index (χ4v) is 1.70. The number of aromatic nitrogens is 3. The Morgan fingerprint density at radius 1 is 1.25 bits per heavy atom. The predicted octanol–water partition coefficient (Wildman–Crippen LogP) is 2.40. The van der Waals surface area contributed by atoms with Crippen LogP contribution >= 0.6 is 23.2 Å². The van der Waals surface area contributed by atoms with Gasteiger partial charge in [0.2, 0.25) is 0 Å². The van der Waals surface area contributed by atoms with Crippen molar-refractivity contribution in [3.63, 3.8) is 0 Å². The molecule has 0 saturated carbocycles. The lowest BCUT2D eigenvalue weighted by Crippen LogP contribution is -2.14. The Hall–Kier alpha value is -1.10. The monoisotopic (exact) mass is 256 g/mol. The first-order valence-electron chi connectivity index (χ1n) is 4.75. The van der Waals surface area contributed by atoms with E-state index in [-0.39, 0.29) is 0 Å². The second-order valence-corrected chi connectivity index (χ2v) is 4.03. The Balaban J connectivity index is 1.92. The zero-order valence-corrected chi connectivity index (χ0v) is 9.89. The smallest absolute Gasteiger partial charge is 0.138 e. The maximum Gasteiger partial charge on any atom is 0.138 e. The molecule has 0 amide bonds. The highest BCUT2D eigenvalue weighted by Crippen LogP contribution is 2.25. The Morgan fingerprint density at radius 3 is 2.88 bits per heavy atom. The highest BCUT2D eigenvalue weighted by molar-refractivity contribution is 6.42. The molecule has 0 saturated heterocycles. The molecule has 0 fully saturated rings. The molecule has 0 aliphatic heterocycles. The van der Waals surface area contributed by atoms with Gasteiger partial charge in [0.15, 0.2) is 0 Å². The number of aromatic amines is 1. The summed E-state index contributed by atoms with van der Waals surface area (Å²) in [7, 11) is 0. The number of hydrogen-bond donors (Lipinski definition) is 2. The van der Waals surface area contributed by atoms with E-state index in [0.717, 1.165) is 11.4 Å². The van der Waals surface area contributed by atoms with Crippen molar-refractivity contribution < 1.29 is 0 Å². The Labute approximate surface area is 103 Å². The molecule has 0 spiro atoms. The number of halogens is 2. The van der Waals surface area contributed by atoms with Crippen molar-refractivity contribution in [2.24, 2.45) is 0 Å². The summed E-state index contributed by atoms with van der Waals surface area (Å²) in [5.74, 6) is 0.790. The molecule has 0 atom stereocenters. The maximum absolute atomic E-state index is 6.05. The number of H-pyrrole nitrogens is 1. The van der Waals surface area contributed by atoms with Crippen LogP contribution in [0.2, 0.25) is 10.0 Å². The van der Waals surface area contributed by atoms with Gasteiger partial charge in [-0.05, 0) is 11.6 Å². The van der Waals surface area contributed by atoms with E-state index in [1.165, 1.54) is 6.33 Å². The molecular formula is C10H10Cl2N4. The number of benzene rings is 1. The molecule has 1 heterocycles. The summed E-state index contributed by atoms with van der Waals surface area (Å²) in [5.41, 5.74) is 0.966. The second-order valence-electron chi connectivity index (χ2n) is 3.25.